The van der Waals surface area contributed by atoms with Crippen LogP contribution in [0.15, 0.2) is 36.5 Å². The van der Waals surface area contributed by atoms with Gasteiger partial charge in [-0.3, -0.25) is 4.79 Å². The quantitative estimate of drug-likeness (QED) is 0.0175. The van der Waals surface area contributed by atoms with E-state index in [1.165, 1.54) is 96.3 Å². The lowest BCUT2D eigenvalue weighted by atomic mass is 9.98. The molecule has 11 atom stereocenters. The molecule has 0 aliphatic carbocycles. The molecule has 14 nitrogen and oxygen atoms in total. The highest BCUT2D eigenvalue weighted by atomic mass is 16.7. The number of carbonyl (C=O) groups is 1. The highest BCUT2D eigenvalue weighted by molar-refractivity contribution is 5.69. The third kappa shape index (κ3) is 28.6. The number of rotatable bonds is 42. The van der Waals surface area contributed by atoms with Gasteiger partial charge in [0.15, 0.2) is 12.6 Å². The molecule has 2 rings (SSSR count). The number of hydrogen-bond donors (Lipinski definition) is 7. The fraction of sp³-hybridized carbons (Fsp3) is 0.868. The number of allylic oxidation sites excluding steroid dienone is 6. The lowest BCUT2D eigenvalue weighted by Gasteiger charge is -2.42. The van der Waals surface area contributed by atoms with Gasteiger partial charge in [0.1, 0.15) is 54.9 Å². The first kappa shape index (κ1) is 61.3. The van der Waals surface area contributed by atoms with Crippen LogP contribution in [0.3, 0.4) is 0 Å². The number of carbonyl (C=O) groups excluding carboxylic acids is 1. The smallest absolute Gasteiger partial charge is 0.306 e. The Kier molecular flexibility index (Phi) is 37.4. The topological polar surface area (TPSA) is 214 Å². The number of hydrogen-bond acceptors (Lipinski definition) is 14. The van der Waals surface area contributed by atoms with Gasteiger partial charge in [-0.1, -0.05) is 179 Å². The van der Waals surface area contributed by atoms with Crippen molar-refractivity contribution < 1.29 is 69.0 Å². The standard InChI is InChI=1S/C53H96O14/c1-3-5-7-9-11-13-15-17-19-20-21-23-25-27-29-31-33-35-37-62-39-42(65-45(55)36-34-32-30-28-26-24-22-18-16-14-12-10-8-6-4-2)40-63-52-51(61)49(59)47(57)44(67-52)41-64-53-50(60)48(58)46(56)43(38-54)66-53/h6,8,12,14,18,22,42-44,46-54,56-61H,3-5,7,9-11,13,15-17,19-21,23-41H2,1-2H3/b8-6-,14-12-,22-18-. The number of ether oxygens (including phenoxy) is 6. The molecule has 67 heavy (non-hydrogen) atoms. The Balaban J connectivity index is 1.75. The summed E-state index contributed by atoms with van der Waals surface area (Å²) in [5.74, 6) is -0.391. The Morgan fingerprint density at radius 2 is 0.970 bits per heavy atom. The summed E-state index contributed by atoms with van der Waals surface area (Å²) < 4.78 is 34.3. The fourth-order valence-corrected chi connectivity index (χ4v) is 8.36. The fourth-order valence-electron chi connectivity index (χ4n) is 8.36. The molecule has 2 aliphatic rings. The summed E-state index contributed by atoms with van der Waals surface area (Å²) in [6.45, 7) is 3.57. The molecule has 392 valence electrons. The summed E-state index contributed by atoms with van der Waals surface area (Å²) in [7, 11) is 0. The van der Waals surface area contributed by atoms with Crippen molar-refractivity contribution in [2.75, 3.05) is 33.0 Å². The van der Waals surface area contributed by atoms with Gasteiger partial charge < -0.3 is 64.2 Å². The molecule has 0 aromatic rings. The van der Waals surface area contributed by atoms with E-state index in [1.54, 1.807) is 0 Å². The Morgan fingerprint density at radius 3 is 1.52 bits per heavy atom. The predicted molar refractivity (Wildman–Crippen MR) is 261 cm³/mol. The maximum Gasteiger partial charge on any atom is 0.306 e. The van der Waals surface area contributed by atoms with E-state index in [2.05, 4.69) is 50.3 Å². The first-order valence-electron chi connectivity index (χ1n) is 26.6. The van der Waals surface area contributed by atoms with Crippen LogP contribution in [0.5, 0.6) is 0 Å². The van der Waals surface area contributed by atoms with Gasteiger partial charge in [-0.15, -0.1) is 0 Å². The molecule has 2 fully saturated rings. The van der Waals surface area contributed by atoms with Crippen LogP contribution in [-0.4, -0.2) is 142 Å². The van der Waals surface area contributed by atoms with Crippen LogP contribution in [0, 0.1) is 0 Å². The Bertz CT molecular complexity index is 1250. The summed E-state index contributed by atoms with van der Waals surface area (Å²) in [6.07, 6.45) is 29.2. The van der Waals surface area contributed by atoms with Crippen LogP contribution < -0.4 is 0 Å². The molecule has 0 spiro atoms. The zero-order valence-corrected chi connectivity index (χ0v) is 41.6. The lowest BCUT2D eigenvalue weighted by Crippen LogP contribution is -2.61. The molecular weight excluding hydrogens is 861 g/mol. The maximum absolute atomic E-state index is 13.0. The summed E-state index contributed by atoms with van der Waals surface area (Å²) in [4.78, 5) is 13.0. The van der Waals surface area contributed by atoms with Crippen molar-refractivity contribution in [2.45, 2.75) is 261 Å². The van der Waals surface area contributed by atoms with Crippen LogP contribution in [0.25, 0.3) is 0 Å². The molecule has 0 aromatic carbocycles. The zero-order valence-electron chi connectivity index (χ0n) is 41.6. The highest BCUT2D eigenvalue weighted by Gasteiger charge is 2.47. The zero-order chi connectivity index (χ0) is 48.7. The minimum absolute atomic E-state index is 0.0571. The minimum atomic E-state index is -1.71. The third-order valence-corrected chi connectivity index (χ3v) is 12.7. The first-order chi connectivity index (χ1) is 32.6. The Labute approximate surface area is 404 Å². The molecule has 0 aromatic heterocycles. The Hall–Kier alpha value is -1.79. The third-order valence-electron chi connectivity index (χ3n) is 12.7. The second-order valence-corrected chi connectivity index (χ2v) is 18.7. The molecule has 11 unspecified atom stereocenters. The van der Waals surface area contributed by atoms with Crippen LogP contribution in [0.4, 0.5) is 0 Å². The van der Waals surface area contributed by atoms with E-state index in [4.69, 9.17) is 28.4 Å². The summed E-state index contributed by atoms with van der Waals surface area (Å²) in [6, 6.07) is 0. The van der Waals surface area contributed by atoms with Crippen LogP contribution >= 0.6 is 0 Å². The average molecular weight is 957 g/mol. The minimum Gasteiger partial charge on any atom is -0.457 e. The molecule has 7 N–H and O–H groups in total. The van der Waals surface area contributed by atoms with E-state index in [9.17, 15) is 40.5 Å². The van der Waals surface area contributed by atoms with Crippen LogP contribution in [0.2, 0.25) is 0 Å². The molecule has 0 radical (unpaired) electrons. The summed E-state index contributed by atoms with van der Waals surface area (Å²) in [5, 5.41) is 72.2. The molecule has 2 heterocycles. The van der Waals surface area contributed by atoms with E-state index >= 15 is 0 Å². The van der Waals surface area contributed by atoms with Crippen molar-refractivity contribution in [3.8, 4) is 0 Å². The van der Waals surface area contributed by atoms with Crippen molar-refractivity contribution >= 4 is 5.97 Å². The van der Waals surface area contributed by atoms with Crippen molar-refractivity contribution in [1.29, 1.82) is 0 Å². The normalized spacial score (nSPS) is 26.3. The monoisotopic (exact) mass is 957 g/mol. The van der Waals surface area contributed by atoms with Gasteiger partial charge in [0.05, 0.1) is 26.4 Å². The van der Waals surface area contributed by atoms with E-state index in [-0.39, 0.29) is 19.6 Å². The van der Waals surface area contributed by atoms with E-state index in [1.807, 2.05) is 0 Å². The molecule has 0 amide bonds. The van der Waals surface area contributed by atoms with Gasteiger partial charge in [-0.2, -0.15) is 0 Å². The van der Waals surface area contributed by atoms with Crippen LogP contribution in [0.1, 0.15) is 194 Å². The number of esters is 1. The number of aliphatic hydroxyl groups excluding tert-OH is 7. The highest BCUT2D eigenvalue weighted by Crippen LogP contribution is 2.26. The molecular formula is C53H96O14. The summed E-state index contributed by atoms with van der Waals surface area (Å²) in [5.41, 5.74) is 0. The predicted octanol–water partition coefficient (Wildman–Crippen LogP) is 8.19. The number of aliphatic hydroxyl groups is 7. The SMILES string of the molecule is CC/C=C\C/C=C\C/C=C\CCCCCCCC(=O)OC(COCCCCCCCCCCCCCCCCCCCC)COC1OC(COC2OC(CO)C(O)C(O)C2O)C(O)C(O)C1O. The van der Waals surface area contributed by atoms with Gasteiger partial charge in [0.25, 0.3) is 0 Å². The van der Waals surface area contributed by atoms with E-state index in [0.717, 1.165) is 70.6 Å². The van der Waals surface area contributed by atoms with Crippen molar-refractivity contribution in [3.63, 3.8) is 0 Å². The van der Waals surface area contributed by atoms with Gasteiger partial charge >= 0.3 is 5.97 Å². The maximum atomic E-state index is 13.0. The van der Waals surface area contributed by atoms with Crippen molar-refractivity contribution in [3.05, 3.63) is 36.5 Å². The second-order valence-electron chi connectivity index (χ2n) is 18.7. The lowest BCUT2D eigenvalue weighted by molar-refractivity contribution is -0.332. The average Bonchev–Trinajstić information content (AvgIpc) is 3.32. The second kappa shape index (κ2) is 40.9. The van der Waals surface area contributed by atoms with E-state index < -0.39 is 86.7 Å². The van der Waals surface area contributed by atoms with Crippen LogP contribution in [-0.2, 0) is 33.2 Å². The summed E-state index contributed by atoms with van der Waals surface area (Å²) >= 11 is 0. The molecule has 14 heteroatoms. The van der Waals surface area contributed by atoms with Gasteiger partial charge in [-0.05, 0) is 44.9 Å². The van der Waals surface area contributed by atoms with Crippen molar-refractivity contribution in [1.82, 2.24) is 0 Å². The Morgan fingerprint density at radius 1 is 0.507 bits per heavy atom. The first-order valence-corrected chi connectivity index (χ1v) is 26.6. The number of unbranched alkanes of at least 4 members (excludes halogenated alkanes) is 22. The van der Waals surface area contributed by atoms with Crippen molar-refractivity contribution in [2.24, 2.45) is 0 Å². The molecule has 0 bridgehead atoms. The molecule has 2 saturated heterocycles. The van der Waals surface area contributed by atoms with Gasteiger partial charge in [0, 0.05) is 13.0 Å². The van der Waals surface area contributed by atoms with E-state index in [0.29, 0.717) is 13.0 Å². The van der Waals surface area contributed by atoms with Gasteiger partial charge in [-0.25, -0.2) is 0 Å². The molecule has 0 saturated carbocycles. The molecule has 2 aliphatic heterocycles. The van der Waals surface area contributed by atoms with Gasteiger partial charge in [0.2, 0.25) is 0 Å². The largest absolute Gasteiger partial charge is 0.457 e.